The summed E-state index contributed by atoms with van der Waals surface area (Å²) in [6, 6.07) is 11.1. The van der Waals surface area contributed by atoms with Gasteiger partial charge in [-0.3, -0.25) is 9.48 Å². The van der Waals surface area contributed by atoms with Crippen LogP contribution in [0.3, 0.4) is 0 Å². The van der Waals surface area contributed by atoms with Crippen molar-refractivity contribution < 1.29 is 4.79 Å². The predicted octanol–water partition coefficient (Wildman–Crippen LogP) is 4.83. The van der Waals surface area contributed by atoms with Gasteiger partial charge < -0.3 is 5.32 Å². The van der Waals surface area contributed by atoms with Crippen molar-refractivity contribution in [1.82, 2.24) is 15.1 Å². The zero-order valence-corrected chi connectivity index (χ0v) is 19.9. The molecule has 166 valence electrons. The van der Waals surface area contributed by atoms with Crippen LogP contribution in [0.25, 0.3) is 11.3 Å². The number of nitriles is 1. The Labute approximate surface area is 195 Å². The van der Waals surface area contributed by atoms with Crippen molar-refractivity contribution >= 4 is 23.0 Å². The minimum absolute atomic E-state index is 0.0322. The lowest BCUT2D eigenvalue weighted by molar-refractivity contribution is -0.127. The standard InChI is InChI=1S/C26H30N4OS/c1-16(2)30-22-12-18(24(31)28-25(3)13-20(32)14-25)7-8-21(22)23(29-30)17-5-4-6-19(11-17)26(15-27)9-10-26/h4-6,11,16,18H,7-10,12-14H2,1-3H3,(H,28,31). The number of hydrogen-bond donors (Lipinski definition) is 1. The highest BCUT2D eigenvalue weighted by Gasteiger charge is 2.45. The highest BCUT2D eigenvalue weighted by molar-refractivity contribution is 7.80. The third-order valence-electron chi connectivity index (χ3n) is 7.41. The molecule has 5 nitrogen and oxygen atoms in total. The maximum absolute atomic E-state index is 13.1. The molecular formula is C26H30N4OS. The maximum Gasteiger partial charge on any atom is 0.223 e. The molecule has 0 saturated heterocycles. The zero-order chi connectivity index (χ0) is 22.7. The molecule has 1 amide bonds. The number of amides is 1. The molecule has 1 heterocycles. The van der Waals surface area contributed by atoms with Gasteiger partial charge in [0.1, 0.15) is 0 Å². The van der Waals surface area contributed by atoms with Crippen LogP contribution in [-0.4, -0.2) is 26.1 Å². The third kappa shape index (κ3) is 3.57. The summed E-state index contributed by atoms with van der Waals surface area (Å²) in [5, 5.41) is 17.9. The van der Waals surface area contributed by atoms with Crippen molar-refractivity contribution in [1.29, 1.82) is 5.26 Å². The molecular weight excluding hydrogens is 416 g/mol. The summed E-state index contributed by atoms with van der Waals surface area (Å²) in [6.07, 6.45) is 5.88. The number of fused-ring (bicyclic) bond motifs is 1. The molecule has 1 aromatic carbocycles. The number of carbonyl (C=O) groups excluding carboxylic acids is 1. The Kier molecular flexibility index (Phi) is 5.01. The molecule has 3 aliphatic rings. The highest BCUT2D eigenvalue weighted by Crippen LogP contribution is 2.48. The first-order valence-electron chi connectivity index (χ1n) is 11.7. The second-order valence-electron chi connectivity index (χ2n) is 10.5. The Morgan fingerprint density at radius 1 is 1.34 bits per heavy atom. The quantitative estimate of drug-likeness (QED) is 0.668. The van der Waals surface area contributed by atoms with E-state index in [1.165, 1.54) is 11.3 Å². The number of thiocarbonyl (C=S) groups is 1. The van der Waals surface area contributed by atoms with E-state index in [0.29, 0.717) is 6.42 Å². The molecule has 1 N–H and O–H groups in total. The van der Waals surface area contributed by atoms with E-state index in [1.54, 1.807) is 0 Å². The van der Waals surface area contributed by atoms with Crippen LogP contribution < -0.4 is 5.32 Å². The van der Waals surface area contributed by atoms with Gasteiger partial charge in [-0.15, -0.1) is 0 Å². The van der Waals surface area contributed by atoms with Crippen LogP contribution in [0.15, 0.2) is 24.3 Å². The molecule has 2 aromatic rings. The summed E-state index contributed by atoms with van der Waals surface area (Å²) in [6.45, 7) is 6.37. The lowest BCUT2D eigenvalue weighted by Crippen LogP contribution is -2.56. The average Bonchev–Trinajstić information content (AvgIpc) is 3.46. The topological polar surface area (TPSA) is 70.7 Å². The van der Waals surface area contributed by atoms with Crippen molar-refractivity contribution in [2.24, 2.45) is 5.92 Å². The van der Waals surface area contributed by atoms with Crippen LogP contribution in [0.5, 0.6) is 0 Å². The first kappa shape index (κ1) is 21.3. The second-order valence-corrected chi connectivity index (χ2v) is 11.0. The van der Waals surface area contributed by atoms with Crippen LogP contribution in [0.4, 0.5) is 0 Å². The van der Waals surface area contributed by atoms with Crippen LogP contribution >= 0.6 is 12.2 Å². The van der Waals surface area contributed by atoms with Gasteiger partial charge in [-0.1, -0.05) is 30.4 Å². The van der Waals surface area contributed by atoms with Crippen molar-refractivity contribution in [3.8, 4) is 17.3 Å². The van der Waals surface area contributed by atoms with E-state index < -0.39 is 0 Å². The number of nitrogens with one attached hydrogen (secondary N) is 1. The average molecular weight is 447 g/mol. The number of rotatable bonds is 5. The molecule has 3 aliphatic carbocycles. The SMILES string of the molecule is CC(C)n1nc(-c2cccc(C3(C#N)CC3)c2)c2c1CC(C(=O)NC1(C)CC(=S)C1)CC2. The fourth-order valence-electron chi connectivity index (χ4n) is 5.38. The Balaban J connectivity index is 1.44. The molecule has 0 spiro atoms. The van der Waals surface area contributed by atoms with E-state index >= 15 is 0 Å². The van der Waals surface area contributed by atoms with E-state index in [0.717, 1.165) is 60.2 Å². The first-order valence-corrected chi connectivity index (χ1v) is 12.1. The third-order valence-corrected chi connectivity index (χ3v) is 7.70. The van der Waals surface area contributed by atoms with Gasteiger partial charge in [0.25, 0.3) is 0 Å². The van der Waals surface area contributed by atoms with Crippen LogP contribution in [0, 0.1) is 17.2 Å². The Hall–Kier alpha value is -2.52. The lowest BCUT2D eigenvalue weighted by Gasteiger charge is -2.41. The Bertz CT molecular complexity index is 1140. The maximum atomic E-state index is 13.1. The van der Waals surface area contributed by atoms with Gasteiger partial charge in [0.05, 0.1) is 17.2 Å². The molecule has 0 aliphatic heterocycles. The van der Waals surface area contributed by atoms with E-state index in [-0.39, 0.29) is 28.8 Å². The lowest BCUT2D eigenvalue weighted by atomic mass is 9.77. The largest absolute Gasteiger partial charge is 0.350 e. The van der Waals surface area contributed by atoms with Gasteiger partial charge in [0.2, 0.25) is 5.91 Å². The fraction of sp³-hybridized carbons (Fsp3) is 0.538. The number of aromatic nitrogens is 2. The van der Waals surface area contributed by atoms with Gasteiger partial charge in [0.15, 0.2) is 0 Å². The molecule has 6 heteroatoms. The number of carbonyl (C=O) groups is 1. The smallest absolute Gasteiger partial charge is 0.223 e. The summed E-state index contributed by atoms with van der Waals surface area (Å²) in [7, 11) is 0. The molecule has 1 atom stereocenters. The van der Waals surface area contributed by atoms with Crippen molar-refractivity contribution in [3.05, 3.63) is 41.1 Å². The van der Waals surface area contributed by atoms with Crippen LogP contribution in [0.1, 0.15) is 75.7 Å². The first-order chi connectivity index (χ1) is 15.2. The van der Waals surface area contributed by atoms with Crippen LogP contribution in [-0.2, 0) is 23.1 Å². The fourth-order valence-corrected chi connectivity index (χ4v) is 6.02. The number of benzene rings is 1. The van der Waals surface area contributed by atoms with Crippen molar-refractivity contribution in [2.45, 2.75) is 82.7 Å². The molecule has 1 unspecified atom stereocenters. The molecule has 0 radical (unpaired) electrons. The Morgan fingerprint density at radius 2 is 2.09 bits per heavy atom. The van der Waals surface area contributed by atoms with Gasteiger partial charge >= 0.3 is 0 Å². The van der Waals surface area contributed by atoms with E-state index in [4.69, 9.17) is 17.3 Å². The van der Waals surface area contributed by atoms with Gasteiger partial charge in [-0.05, 0) is 62.9 Å². The summed E-state index contributed by atoms with van der Waals surface area (Å²) < 4.78 is 2.11. The van der Waals surface area contributed by atoms with Crippen LogP contribution in [0.2, 0.25) is 0 Å². The molecule has 32 heavy (non-hydrogen) atoms. The summed E-state index contributed by atoms with van der Waals surface area (Å²) in [5.74, 6) is 0.112. The van der Waals surface area contributed by atoms with Gasteiger partial charge in [0, 0.05) is 53.6 Å². The van der Waals surface area contributed by atoms with Crippen molar-refractivity contribution in [3.63, 3.8) is 0 Å². The highest BCUT2D eigenvalue weighted by atomic mass is 32.1. The molecule has 1 aromatic heterocycles. The minimum atomic E-state index is -0.306. The van der Waals surface area contributed by atoms with Gasteiger partial charge in [-0.25, -0.2) is 0 Å². The predicted molar refractivity (Wildman–Crippen MR) is 128 cm³/mol. The Morgan fingerprint density at radius 3 is 2.72 bits per heavy atom. The summed E-state index contributed by atoms with van der Waals surface area (Å²) >= 11 is 5.25. The van der Waals surface area contributed by atoms with Gasteiger partial charge in [-0.2, -0.15) is 10.4 Å². The summed E-state index contributed by atoms with van der Waals surface area (Å²) in [5.41, 5.74) is 5.17. The zero-order valence-electron chi connectivity index (χ0n) is 19.1. The molecule has 2 fully saturated rings. The summed E-state index contributed by atoms with van der Waals surface area (Å²) in [4.78, 5) is 14.1. The molecule has 0 bridgehead atoms. The number of hydrogen-bond acceptors (Lipinski definition) is 4. The van der Waals surface area contributed by atoms with E-state index in [2.05, 4.69) is 55.0 Å². The minimum Gasteiger partial charge on any atom is -0.350 e. The number of nitrogens with zero attached hydrogens (tertiary/aromatic N) is 3. The normalized spacial score (nSPS) is 22.6. The van der Waals surface area contributed by atoms with Crippen molar-refractivity contribution in [2.75, 3.05) is 0 Å². The molecule has 5 rings (SSSR count). The second kappa shape index (κ2) is 7.52. The monoisotopic (exact) mass is 446 g/mol. The van der Waals surface area contributed by atoms with E-state index in [1.807, 2.05) is 6.07 Å². The van der Waals surface area contributed by atoms with E-state index in [9.17, 15) is 10.1 Å². The molecule has 2 saturated carbocycles.